The molecule has 0 aliphatic heterocycles. The Labute approximate surface area is 105 Å². The molecule has 0 fully saturated rings. The van der Waals surface area contributed by atoms with Crippen LogP contribution in [0.5, 0.6) is 0 Å². The van der Waals surface area contributed by atoms with Gasteiger partial charge in [-0.1, -0.05) is 61.7 Å². The molecule has 1 aromatic rings. The van der Waals surface area contributed by atoms with E-state index in [0.717, 1.165) is 12.8 Å². The lowest BCUT2D eigenvalue weighted by Crippen LogP contribution is -1.93. The Balaban J connectivity index is 2.51. The highest BCUT2D eigenvalue weighted by Crippen LogP contribution is 2.15. The maximum atomic E-state index is 8.91. The number of rotatable bonds is 8. The molecule has 0 aromatic heterocycles. The monoisotopic (exact) mass is 232 g/mol. The van der Waals surface area contributed by atoms with Crippen molar-refractivity contribution < 1.29 is 5.11 Å². The van der Waals surface area contributed by atoms with Crippen LogP contribution in [-0.2, 0) is 6.42 Å². The van der Waals surface area contributed by atoms with Crippen LogP contribution < -0.4 is 0 Å². The predicted molar refractivity (Wildman–Crippen MR) is 74.1 cm³/mol. The molecule has 0 spiro atoms. The van der Waals surface area contributed by atoms with E-state index in [2.05, 4.69) is 43.3 Å². The summed E-state index contributed by atoms with van der Waals surface area (Å²) in [6.45, 7) is 2.49. The lowest BCUT2D eigenvalue weighted by Gasteiger charge is -2.07. The van der Waals surface area contributed by atoms with Crippen LogP contribution in [0.2, 0.25) is 0 Å². The summed E-state index contributed by atoms with van der Waals surface area (Å²) in [7, 11) is 0. The summed E-state index contributed by atoms with van der Waals surface area (Å²) in [5, 5.41) is 8.91. The van der Waals surface area contributed by atoms with E-state index in [4.69, 9.17) is 5.11 Å². The largest absolute Gasteiger partial charge is 0.396 e. The molecule has 0 amide bonds. The number of benzene rings is 1. The fraction of sp³-hybridized carbons (Fsp3) is 0.500. The maximum absolute atomic E-state index is 8.91. The molecule has 0 heterocycles. The molecular weight excluding hydrogens is 208 g/mol. The fourth-order valence-electron chi connectivity index (χ4n) is 1.99. The van der Waals surface area contributed by atoms with Gasteiger partial charge in [-0.05, 0) is 31.2 Å². The number of allylic oxidation sites excluding steroid dienone is 1. The Morgan fingerprint density at radius 1 is 1.18 bits per heavy atom. The molecule has 0 bridgehead atoms. The van der Waals surface area contributed by atoms with Gasteiger partial charge in [0.15, 0.2) is 0 Å². The Morgan fingerprint density at radius 2 is 1.94 bits per heavy atom. The maximum Gasteiger partial charge on any atom is 0.0465 e. The summed E-state index contributed by atoms with van der Waals surface area (Å²) < 4.78 is 0. The summed E-state index contributed by atoms with van der Waals surface area (Å²) in [6.07, 6.45) is 9.02. The predicted octanol–water partition coefficient (Wildman–Crippen LogP) is 4.12. The van der Waals surface area contributed by atoms with Crippen LogP contribution in [0.1, 0.15) is 44.6 Å². The Hall–Kier alpha value is -1.08. The highest BCUT2D eigenvalue weighted by Gasteiger charge is 1.99. The van der Waals surface area contributed by atoms with Crippen molar-refractivity contribution in [3.63, 3.8) is 0 Å². The summed E-state index contributed by atoms with van der Waals surface area (Å²) >= 11 is 0. The minimum atomic E-state index is 0.256. The first-order chi connectivity index (χ1) is 8.36. The minimum Gasteiger partial charge on any atom is -0.396 e. The average molecular weight is 232 g/mol. The zero-order valence-corrected chi connectivity index (χ0v) is 10.9. The lowest BCUT2D eigenvalue weighted by molar-refractivity contribution is 0.302. The third-order valence-corrected chi connectivity index (χ3v) is 2.94. The Kier molecular flexibility index (Phi) is 7.40. The Morgan fingerprint density at radius 3 is 2.59 bits per heavy atom. The van der Waals surface area contributed by atoms with Crippen LogP contribution in [0.3, 0.4) is 0 Å². The Bertz CT molecular complexity index is 314. The van der Waals surface area contributed by atoms with Gasteiger partial charge < -0.3 is 5.11 Å². The third-order valence-electron chi connectivity index (χ3n) is 2.94. The van der Waals surface area contributed by atoms with Gasteiger partial charge >= 0.3 is 0 Å². The van der Waals surface area contributed by atoms with Gasteiger partial charge in [0, 0.05) is 6.61 Å². The number of aliphatic hydroxyl groups excluding tert-OH is 1. The first-order valence-electron chi connectivity index (χ1n) is 6.69. The summed E-state index contributed by atoms with van der Waals surface area (Å²) in [4.78, 5) is 0. The topological polar surface area (TPSA) is 20.2 Å². The molecule has 0 aliphatic carbocycles. The molecule has 0 saturated carbocycles. The summed E-state index contributed by atoms with van der Waals surface area (Å²) in [6, 6.07) is 10.6. The standard InChI is InChI=1S/C16H24O/c1-2-3-5-9-16(12-8-13-17)14-15-10-6-4-7-11-15/h4,6-7,10-12,17H,2-3,5,8-9,13-14H2,1H3/b16-12-. The molecule has 1 rings (SSSR count). The molecule has 0 saturated heterocycles. The van der Waals surface area contributed by atoms with Gasteiger partial charge in [-0.15, -0.1) is 0 Å². The van der Waals surface area contributed by atoms with Gasteiger partial charge in [-0.2, -0.15) is 0 Å². The van der Waals surface area contributed by atoms with Crippen molar-refractivity contribution in [3.05, 3.63) is 47.5 Å². The quantitative estimate of drug-likeness (QED) is 0.528. The molecular formula is C16H24O. The van der Waals surface area contributed by atoms with Crippen LogP contribution in [-0.4, -0.2) is 11.7 Å². The van der Waals surface area contributed by atoms with Crippen molar-refractivity contribution in [2.75, 3.05) is 6.61 Å². The molecule has 0 radical (unpaired) electrons. The zero-order chi connectivity index (χ0) is 12.3. The van der Waals surface area contributed by atoms with Gasteiger partial charge in [-0.25, -0.2) is 0 Å². The van der Waals surface area contributed by atoms with Crippen molar-refractivity contribution in [2.45, 2.75) is 45.4 Å². The molecule has 1 nitrogen and oxygen atoms in total. The van der Waals surface area contributed by atoms with Crippen LogP contribution in [0.4, 0.5) is 0 Å². The van der Waals surface area contributed by atoms with Crippen molar-refractivity contribution in [1.29, 1.82) is 0 Å². The average Bonchev–Trinajstić information content (AvgIpc) is 2.37. The van der Waals surface area contributed by atoms with Gasteiger partial charge in [-0.3, -0.25) is 0 Å². The van der Waals surface area contributed by atoms with Crippen molar-refractivity contribution in [3.8, 4) is 0 Å². The van der Waals surface area contributed by atoms with Crippen molar-refractivity contribution >= 4 is 0 Å². The first-order valence-corrected chi connectivity index (χ1v) is 6.69. The van der Waals surface area contributed by atoms with Gasteiger partial charge in [0.1, 0.15) is 0 Å². The van der Waals surface area contributed by atoms with Crippen molar-refractivity contribution in [2.24, 2.45) is 0 Å². The zero-order valence-electron chi connectivity index (χ0n) is 10.9. The van der Waals surface area contributed by atoms with Crippen LogP contribution in [0.15, 0.2) is 42.0 Å². The van der Waals surface area contributed by atoms with E-state index in [0.29, 0.717) is 0 Å². The summed E-state index contributed by atoms with van der Waals surface area (Å²) in [5.41, 5.74) is 2.84. The van der Waals surface area contributed by atoms with E-state index in [1.807, 2.05) is 0 Å². The van der Waals surface area contributed by atoms with Crippen LogP contribution in [0, 0.1) is 0 Å². The van der Waals surface area contributed by atoms with Crippen molar-refractivity contribution in [1.82, 2.24) is 0 Å². The normalized spacial score (nSPS) is 11.8. The highest BCUT2D eigenvalue weighted by atomic mass is 16.2. The fourth-order valence-corrected chi connectivity index (χ4v) is 1.99. The smallest absolute Gasteiger partial charge is 0.0465 e. The highest BCUT2D eigenvalue weighted by molar-refractivity contribution is 5.21. The molecule has 17 heavy (non-hydrogen) atoms. The second-order valence-corrected chi connectivity index (χ2v) is 4.49. The van der Waals surface area contributed by atoms with E-state index < -0.39 is 0 Å². The van der Waals surface area contributed by atoms with Crippen LogP contribution >= 0.6 is 0 Å². The van der Waals surface area contributed by atoms with Crippen LogP contribution in [0.25, 0.3) is 0 Å². The molecule has 0 unspecified atom stereocenters. The molecule has 94 valence electrons. The summed E-state index contributed by atoms with van der Waals surface area (Å²) in [5.74, 6) is 0. The van der Waals surface area contributed by atoms with Gasteiger partial charge in [0.25, 0.3) is 0 Å². The lowest BCUT2D eigenvalue weighted by atomic mass is 9.99. The number of hydrogen-bond acceptors (Lipinski definition) is 1. The van der Waals surface area contributed by atoms with E-state index >= 15 is 0 Å². The van der Waals surface area contributed by atoms with Gasteiger partial charge in [0.2, 0.25) is 0 Å². The second kappa shape index (κ2) is 9.00. The van der Waals surface area contributed by atoms with E-state index in [9.17, 15) is 0 Å². The van der Waals surface area contributed by atoms with E-state index in [-0.39, 0.29) is 6.61 Å². The second-order valence-electron chi connectivity index (χ2n) is 4.49. The molecule has 0 atom stereocenters. The molecule has 1 heteroatoms. The third kappa shape index (κ3) is 6.28. The first kappa shape index (κ1) is 14.0. The van der Waals surface area contributed by atoms with E-state index in [1.165, 1.54) is 36.8 Å². The number of unbranched alkanes of at least 4 members (excludes halogenated alkanes) is 2. The molecule has 1 N–H and O–H groups in total. The van der Waals surface area contributed by atoms with E-state index in [1.54, 1.807) is 0 Å². The SMILES string of the molecule is CCCCC/C(=C/CCO)Cc1ccccc1. The number of aliphatic hydroxyl groups is 1. The van der Waals surface area contributed by atoms with Gasteiger partial charge in [0.05, 0.1) is 0 Å². The molecule has 0 aliphatic rings. The number of hydrogen-bond donors (Lipinski definition) is 1. The minimum absolute atomic E-state index is 0.256. The molecule has 1 aromatic carbocycles.